The molecule has 8 nitrogen and oxygen atoms in total. The summed E-state index contributed by atoms with van der Waals surface area (Å²) in [5.74, 6) is -1.36. The van der Waals surface area contributed by atoms with Gasteiger partial charge in [0.2, 0.25) is 0 Å². The molecule has 5 atom stereocenters. The molecule has 0 aromatic heterocycles. The quantitative estimate of drug-likeness (QED) is 0.349. The molecule has 0 amide bonds. The Kier molecular flexibility index (Phi) is 8.51. The number of carbonyl (C=O) groups is 2. The van der Waals surface area contributed by atoms with E-state index in [4.69, 9.17) is 9.84 Å². The molecular formula is C14H15NaO8Se. The van der Waals surface area contributed by atoms with Gasteiger partial charge in [-0.05, 0) is 0 Å². The fraction of sp³-hybridized carbons (Fsp3) is 0.429. The van der Waals surface area contributed by atoms with Crippen LogP contribution in [0.15, 0.2) is 24.3 Å². The van der Waals surface area contributed by atoms with Crippen molar-refractivity contribution in [3.05, 3.63) is 35.4 Å². The second-order valence-electron chi connectivity index (χ2n) is 4.97. The largest absolute Gasteiger partial charge is 1.00 e. The number of aromatic carboxylic acids is 1. The molecule has 4 N–H and O–H groups in total. The second-order valence-corrected chi connectivity index (χ2v) is 7.21. The summed E-state index contributed by atoms with van der Waals surface area (Å²) in [6, 6.07) is 5.09. The van der Waals surface area contributed by atoms with E-state index in [0.29, 0.717) is 0 Å². The Morgan fingerprint density at radius 2 is 1.58 bits per heavy atom. The van der Waals surface area contributed by atoms with Crippen molar-refractivity contribution in [2.45, 2.75) is 29.4 Å². The molecule has 1 aliphatic rings. The van der Waals surface area contributed by atoms with Gasteiger partial charge in [-0.15, -0.1) is 0 Å². The summed E-state index contributed by atoms with van der Waals surface area (Å²) >= 11 is -0.947. The predicted molar refractivity (Wildman–Crippen MR) is 74.6 cm³/mol. The van der Waals surface area contributed by atoms with Crippen LogP contribution in [0, 0.1) is 0 Å². The second kappa shape index (κ2) is 9.40. The minimum Gasteiger partial charge on any atom is 1.00 e. The van der Waals surface area contributed by atoms with Crippen molar-refractivity contribution in [2.24, 2.45) is 0 Å². The zero-order chi connectivity index (χ0) is 17.1. The number of benzene rings is 1. The number of rotatable bonds is 5. The van der Waals surface area contributed by atoms with Crippen LogP contribution in [0.3, 0.4) is 0 Å². The Morgan fingerprint density at radius 3 is 2.08 bits per heavy atom. The Labute approximate surface area is 165 Å². The van der Waals surface area contributed by atoms with E-state index in [-0.39, 0.29) is 45.4 Å². The van der Waals surface area contributed by atoms with Crippen molar-refractivity contribution in [2.75, 3.05) is 6.61 Å². The molecule has 1 aliphatic heterocycles. The van der Waals surface area contributed by atoms with Crippen LogP contribution in [0.1, 0.15) is 20.7 Å². The van der Waals surface area contributed by atoms with Gasteiger partial charge < -0.3 is 0 Å². The van der Waals surface area contributed by atoms with Crippen molar-refractivity contribution < 1.29 is 69.4 Å². The van der Waals surface area contributed by atoms with Crippen LogP contribution in [-0.2, 0) is 4.74 Å². The van der Waals surface area contributed by atoms with Crippen LogP contribution >= 0.6 is 0 Å². The van der Waals surface area contributed by atoms with E-state index in [2.05, 4.69) is 0 Å². The molecule has 5 unspecified atom stereocenters. The summed E-state index contributed by atoms with van der Waals surface area (Å²) in [6.07, 6.45) is -5.52. The smallest absolute Gasteiger partial charge is 1.00 e. The first-order valence-corrected chi connectivity index (χ1v) is 8.52. The molecule has 0 bridgehead atoms. The van der Waals surface area contributed by atoms with Gasteiger partial charge in [0.05, 0.1) is 0 Å². The van der Waals surface area contributed by atoms with Crippen LogP contribution in [0.25, 0.3) is 0 Å². The van der Waals surface area contributed by atoms with Gasteiger partial charge in [0.25, 0.3) is 0 Å². The van der Waals surface area contributed by atoms with E-state index in [1.165, 1.54) is 24.3 Å². The van der Waals surface area contributed by atoms with E-state index in [1.54, 1.807) is 0 Å². The van der Waals surface area contributed by atoms with Gasteiger partial charge in [0, 0.05) is 0 Å². The van der Waals surface area contributed by atoms with E-state index in [0.717, 1.165) is 0 Å². The number of ether oxygens (including phenoxy) is 1. The number of carboxylic acids is 1. The monoisotopic (exact) mass is 414 g/mol. The molecule has 0 saturated carbocycles. The topological polar surface area (TPSA) is 147 Å². The molecular weight excluding hydrogens is 398 g/mol. The van der Waals surface area contributed by atoms with E-state index >= 15 is 0 Å². The molecule has 126 valence electrons. The average Bonchev–Trinajstić information content (AvgIpc) is 2.55. The number of hydrogen-bond acceptors (Lipinski definition) is 8. The predicted octanol–water partition coefficient (Wildman–Crippen LogP) is -6.30. The van der Waals surface area contributed by atoms with Crippen LogP contribution in [-0.4, -0.2) is 82.1 Å². The fourth-order valence-corrected chi connectivity index (χ4v) is 4.14. The molecule has 1 aromatic rings. The fourth-order valence-electron chi connectivity index (χ4n) is 2.08. The van der Waals surface area contributed by atoms with Gasteiger partial charge >= 0.3 is 166 Å². The van der Waals surface area contributed by atoms with Crippen LogP contribution < -0.4 is 34.7 Å². The minimum absolute atomic E-state index is 0. The van der Waals surface area contributed by atoms with Gasteiger partial charge in [0.1, 0.15) is 0 Å². The van der Waals surface area contributed by atoms with Crippen molar-refractivity contribution in [3.8, 4) is 0 Å². The first-order chi connectivity index (χ1) is 10.8. The first kappa shape index (κ1) is 21.7. The third-order valence-corrected chi connectivity index (χ3v) is 5.68. The number of aliphatic hydroxyl groups is 4. The summed E-state index contributed by atoms with van der Waals surface area (Å²) < 4.78 is 4.89. The van der Waals surface area contributed by atoms with E-state index < -0.39 is 57.0 Å². The molecule has 0 radical (unpaired) electrons. The Bertz CT molecular complexity index is 579. The zero-order valence-corrected chi connectivity index (χ0v) is 16.4. The standard InChI is InChI=1S/C14H16O8Se.Na/c15-5-8-9(16)10(17)11(18)14(22-8)23-13(21)7-3-1-6(2-4-7)12(19)20;/h1-4,8-11,14-18H,5H2,(H,19,20);/q;+1/p-1. The molecule has 24 heavy (non-hydrogen) atoms. The van der Waals surface area contributed by atoms with Gasteiger partial charge in [-0.25, -0.2) is 0 Å². The first-order valence-electron chi connectivity index (χ1n) is 6.68. The molecule has 1 aromatic carbocycles. The van der Waals surface area contributed by atoms with Gasteiger partial charge in [0.15, 0.2) is 0 Å². The van der Waals surface area contributed by atoms with Gasteiger partial charge in [-0.2, -0.15) is 0 Å². The average molecular weight is 413 g/mol. The van der Waals surface area contributed by atoms with Crippen LogP contribution in [0.5, 0.6) is 0 Å². The van der Waals surface area contributed by atoms with Crippen LogP contribution in [0.4, 0.5) is 0 Å². The van der Waals surface area contributed by atoms with E-state index in [1.807, 2.05) is 0 Å². The zero-order valence-electron chi connectivity index (χ0n) is 12.7. The minimum atomic E-state index is -1.53. The summed E-state index contributed by atoms with van der Waals surface area (Å²) in [4.78, 5) is 22.8. The van der Waals surface area contributed by atoms with Gasteiger partial charge in [-0.1, -0.05) is 0 Å². The van der Waals surface area contributed by atoms with E-state index in [9.17, 15) is 30.0 Å². The maximum Gasteiger partial charge on any atom is 1.00 e. The van der Waals surface area contributed by atoms with Crippen LogP contribution in [0.2, 0.25) is 0 Å². The number of carbonyl (C=O) groups excluding carboxylic acids is 2. The van der Waals surface area contributed by atoms with Gasteiger partial charge in [-0.3, -0.25) is 0 Å². The molecule has 2 rings (SSSR count). The number of aliphatic hydroxyl groups excluding tert-OH is 4. The molecule has 0 aliphatic carbocycles. The number of carboxylic acid groups (broad SMARTS) is 1. The molecule has 1 saturated heterocycles. The van der Waals surface area contributed by atoms with Crippen molar-refractivity contribution in [1.29, 1.82) is 0 Å². The van der Waals surface area contributed by atoms with Crippen molar-refractivity contribution in [3.63, 3.8) is 0 Å². The summed E-state index contributed by atoms with van der Waals surface area (Å²) in [6.45, 7) is -0.563. The normalized spacial score (nSPS) is 29.6. The Balaban J connectivity index is 0.00000288. The SMILES string of the molecule is O=C([O-])c1ccc(C(=O)[Se]C2OC(CO)C(O)C(O)C2O)cc1.[Na+]. The summed E-state index contributed by atoms with van der Waals surface area (Å²) in [7, 11) is 0. The maximum absolute atomic E-state index is 12.2. The summed E-state index contributed by atoms with van der Waals surface area (Å²) in [5.41, 5.74) is 0.161. The maximum atomic E-state index is 12.2. The molecule has 0 spiro atoms. The van der Waals surface area contributed by atoms with Crippen molar-refractivity contribution in [1.82, 2.24) is 0 Å². The molecule has 10 heteroatoms. The molecule has 1 fully saturated rings. The third-order valence-electron chi connectivity index (χ3n) is 3.43. The Hall–Kier alpha value is -0.321. The number of hydrogen-bond donors (Lipinski definition) is 4. The Morgan fingerprint density at radius 1 is 1.04 bits per heavy atom. The third kappa shape index (κ3) is 4.86. The summed E-state index contributed by atoms with van der Waals surface area (Å²) in [5, 5.41) is 48.0. The van der Waals surface area contributed by atoms with Crippen molar-refractivity contribution >= 4 is 25.6 Å². The molecule has 1 heterocycles.